The van der Waals surface area contributed by atoms with Crippen LogP contribution in [0.1, 0.15) is 12.8 Å². The van der Waals surface area contributed by atoms with Crippen molar-refractivity contribution in [3.8, 4) is 0 Å². The molecule has 0 spiro atoms. The van der Waals surface area contributed by atoms with Gasteiger partial charge in [-0.15, -0.1) is 0 Å². The zero-order valence-corrected chi connectivity index (χ0v) is 6.90. The first-order valence-electron chi connectivity index (χ1n) is 4.12. The van der Waals surface area contributed by atoms with Crippen LogP contribution in [-0.4, -0.2) is 30.7 Å². The van der Waals surface area contributed by atoms with Crippen molar-refractivity contribution >= 4 is 0 Å². The highest BCUT2D eigenvalue weighted by Gasteiger charge is 2.40. The summed E-state index contributed by atoms with van der Waals surface area (Å²) < 4.78 is 36.4. The lowest BCUT2D eigenvalue weighted by Crippen LogP contribution is -2.38. The van der Waals surface area contributed by atoms with E-state index in [1.54, 1.807) is 0 Å². The fraction of sp³-hybridized carbons (Fsp3) is 0.875. The molecule has 0 aromatic heterocycles. The number of hydrogen-bond donors (Lipinski definition) is 0. The minimum absolute atomic E-state index is 0.235. The van der Waals surface area contributed by atoms with Crippen molar-refractivity contribution < 1.29 is 13.2 Å². The lowest BCUT2D eigenvalue weighted by Gasteiger charge is -2.31. The monoisotopic (exact) mass is 180 g/mol. The summed E-state index contributed by atoms with van der Waals surface area (Å²) in [4.78, 5) is 1.95. The summed E-state index contributed by atoms with van der Waals surface area (Å²) in [6, 6.07) is 0. The van der Waals surface area contributed by atoms with Crippen LogP contribution < -0.4 is 0 Å². The molecule has 1 saturated heterocycles. The summed E-state index contributed by atoms with van der Waals surface area (Å²) in [7, 11) is 0. The molecule has 0 atom stereocenters. The fourth-order valence-electron chi connectivity index (χ4n) is 1.48. The maximum Gasteiger partial charge on any atom is 0.391 e. The molecule has 1 heterocycles. The molecule has 1 aliphatic heterocycles. The number of rotatable bonds is 1. The molecule has 1 radical (unpaired) electrons. The van der Waals surface area contributed by atoms with Gasteiger partial charge in [-0.25, -0.2) is 0 Å². The van der Waals surface area contributed by atoms with E-state index in [4.69, 9.17) is 0 Å². The van der Waals surface area contributed by atoms with E-state index in [9.17, 15) is 13.2 Å². The predicted molar refractivity (Wildman–Crippen MR) is 40.6 cm³/mol. The van der Waals surface area contributed by atoms with E-state index in [2.05, 4.69) is 6.92 Å². The van der Waals surface area contributed by atoms with Crippen LogP contribution in [0.4, 0.5) is 13.2 Å². The third-order valence-corrected chi connectivity index (χ3v) is 2.37. The fourth-order valence-corrected chi connectivity index (χ4v) is 1.48. The SMILES string of the molecule is [CH2]CN1CCC(C(F)(F)F)CC1. The Kier molecular flexibility index (Phi) is 2.99. The van der Waals surface area contributed by atoms with Crippen LogP contribution in [0.5, 0.6) is 0 Å². The topological polar surface area (TPSA) is 3.24 Å². The number of halogens is 3. The van der Waals surface area contributed by atoms with Crippen molar-refractivity contribution in [2.75, 3.05) is 19.6 Å². The van der Waals surface area contributed by atoms with Gasteiger partial charge in [0.05, 0.1) is 5.92 Å². The minimum Gasteiger partial charge on any atom is -0.303 e. The van der Waals surface area contributed by atoms with Gasteiger partial charge in [0.2, 0.25) is 0 Å². The molecule has 0 amide bonds. The second-order valence-electron chi connectivity index (χ2n) is 3.16. The Labute approximate surface area is 70.5 Å². The third-order valence-electron chi connectivity index (χ3n) is 2.37. The van der Waals surface area contributed by atoms with Crippen LogP contribution in [0.3, 0.4) is 0 Å². The minimum atomic E-state index is -3.99. The highest BCUT2D eigenvalue weighted by atomic mass is 19.4. The predicted octanol–water partition coefficient (Wildman–Crippen LogP) is 2.09. The molecule has 0 unspecified atom stereocenters. The number of piperidine rings is 1. The van der Waals surface area contributed by atoms with Gasteiger partial charge in [0, 0.05) is 0 Å². The maximum atomic E-state index is 12.1. The van der Waals surface area contributed by atoms with Gasteiger partial charge >= 0.3 is 6.18 Å². The second kappa shape index (κ2) is 3.64. The molecular formula is C8H13F3N. The van der Waals surface area contributed by atoms with Gasteiger partial charge in [-0.05, 0) is 39.4 Å². The van der Waals surface area contributed by atoms with E-state index in [1.165, 1.54) is 0 Å². The van der Waals surface area contributed by atoms with Crippen molar-refractivity contribution in [1.29, 1.82) is 0 Å². The number of hydrogen-bond acceptors (Lipinski definition) is 1. The molecule has 71 valence electrons. The quantitative estimate of drug-likeness (QED) is 0.597. The van der Waals surface area contributed by atoms with E-state index < -0.39 is 12.1 Å². The molecule has 1 aliphatic rings. The molecular weight excluding hydrogens is 167 g/mol. The normalized spacial score (nSPS) is 23.0. The van der Waals surface area contributed by atoms with Gasteiger partial charge < -0.3 is 4.90 Å². The summed E-state index contributed by atoms with van der Waals surface area (Å²) in [5.41, 5.74) is 0. The van der Waals surface area contributed by atoms with Gasteiger partial charge in [-0.3, -0.25) is 0 Å². The Morgan fingerprint density at radius 2 is 1.75 bits per heavy atom. The van der Waals surface area contributed by atoms with E-state index >= 15 is 0 Å². The number of likely N-dealkylation sites (tertiary alicyclic amines) is 1. The standard InChI is InChI=1S/C8H13F3N/c1-2-12-5-3-7(4-6-12)8(9,10)11/h7H,1-6H2. The first-order valence-corrected chi connectivity index (χ1v) is 4.12. The molecule has 1 rings (SSSR count). The Bertz CT molecular complexity index is 136. The van der Waals surface area contributed by atoms with Crippen LogP contribution in [0.25, 0.3) is 0 Å². The zero-order valence-electron chi connectivity index (χ0n) is 6.90. The van der Waals surface area contributed by atoms with Crippen LogP contribution in [0, 0.1) is 12.8 Å². The van der Waals surface area contributed by atoms with E-state index in [1.807, 2.05) is 4.90 Å². The van der Waals surface area contributed by atoms with Crippen LogP contribution >= 0.6 is 0 Å². The summed E-state index contributed by atoms with van der Waals surface area (Å²) in [6.45, 7) is 5.33. The van der Waals surface area contributed by atoms with E-state index in [0.29, 0.717) is 19.6 Å². The van der Waals surface area contributed by atoms with Crippen molar-refractivity contribution in [3.05, 3.63) is 6.92 Å². The summed E-state index contributed by atoms with van der Waals surface area (Å²) in [6.07, 6.45) is -3.52. The third kappa shape index (κ3) is 2.37. The Morgan fingerprint density at radius 1 is 1.25 bits per heavy atom. The molecule has 0 saturated carbocycles. The molecule has 4 heteroatoms. The number of alkyl halides is 3. The van der Waals surface area contributed by atoms with Crippen molar-refractivity contribution in [1.82, 2.24) is 4.90 Å². The smallest absolute Gasteiger partial charge is 0.303 e. The molecule has 1 fully saturated rings. The molecule has 1 nitrogen and oxygen atoms in total. The molecule has 0 aromatic carbocycles. The molecule has 0 N–H and O–H groups in total. The molecule has 0 bridgehead atoms. The second-order valence-corrected chi connectivity index (χ2v) is 3.16. The van der Waals surface area contributed by atoms with Crippen LogP contribution in [0.15, 0.2) is 0 Å². The first kappa shape index (κ1) is 9.84. The highest BCUT2D eigenvalue weighted by Crippen LogP contribution is 2.33. The highest BCUT2D eigenvalue weighted by molar-refractivity contribution is 4.77. The Morgan fingerprint density at radius 3 is 2.08 bits per heavy atom. The molecule has 12 heavy (non-hydrogen) atoms. The largest absolute Gasteiger partial charge is 0.391 e. The molecule has 0 aromatic rings. The van der Waals surface area contributed by atoms with Gasteiger partial charge in [0.1, 0.15) is 0 Å². The van der Waals surface area contributed by atoms with Gasteiger partial charge in [-0.1, -0.05) is 0 Å². The lowest BCUT2D eigenvalue weighted by atomic mass is 9.96. The van der Waals surface area contributed by atoms with Gasteiger partial charge in [-0.2, -0.15) is 13.2 Å². The van der Waals surface area contributed by atoms with Gasteiger partial charge in [0.15, 0.2) is 0 Å². The summed E-state index contributed by atoms with van der Waals surface area (Å²) in [5.74, 6) is -1.08. The first-order chi connectivity index (χ1) is 5.54. The van der Waals surface area contributed by atoms with Crippen molar-refractivity contribution in [3.63, 3.8) is 0 Å². The summed E-state index contributed by atoms with van der Waals surface area (Å²) in [5, 5.41) is 0. The zero-order chi connectivity index (χ0) is 9.19. The average Bonchev–Trinajstić information content (AvgIpc) is 2.03. The van der Waals surface area contributed by atoms with Crippen LogP contribution in [0.2, 0.25) is 0 Å². The number of nitrogens with zero attached hydrogens (tertiary/aromatic N) is 1. The Balaban J connectivity index is 2.36. The summed E-state index contributed by atoms with van der Waals surface area (Å²) >= 11 is 0. The lowest BCUT2D eigenvalue weighted by molar-refractivity contribution is -0.184. The van der Waals surface area contributed by atoms with Crippen molar-refractivity contribution in [2.45, 2.75) is 19.0 Å². The van der Waals surface area contributed by atoms with E-state index in [0.717, 1.165) is 0 Å². The van der Waals surface area contributed by atoms with Crippen LogP contribution in [-0.2, 0) is 0 Å². The van der Waals surface area contributed by atoms with Gasteiger partial charge in [0.25, 0.3) is 0 Å². The molecule has 0 aliphatic carbocycles. The average molecular weight is 180 g/mol. The van der Waals surface area contributed by atoms with E-state index in [-0.39, 0.29) is 12.8 Å². The Hall–Kier alpha value is -0.250. The van der Waals surface area contributed by atoms with Crippen molar-refractivity contribution in [2.24, 2.45) is 5.92 Å². The maximum absolute atomic E-state index is 12.1.